The second-order valence-electron chi connectivity index (χ2n) is 10.1. The Bertz CT molecular complexity index is 1500. The molecule has 6 rings (SSSR count). The first-order valence-electron chi connectivity index (χ1n) is 12.7. The number of nitrogens with one attached hydrogen (secondary N) is 1. The largest absolute Gasteiger partial charge is 0.416 e. The fraction of sp³-hybridized carbons (Fsp3) is 0.423. The molecule has 1 unspecified atom stereocenters. The highest BCUT2D eigenvalue weighted by atomic mass is 79.9. The molecule has 1 aromatic carbocycles. The third-order valence-corrected chi connectivity index (χ3v) is 8.57. The van der Waals surface area contributed by atoms with Crippen LogP contribution in [0.15, 0.2) is 41.0 Å². The highest BCUT2D eigenvalue weighted by Crippen LogP contribution is 2.51. The molecule has 2 fully saturated rings. The van der Waals surface area contributed by atoms with Crippen LogP contribution in [0.3, 0.4) is 0 Å². The van der Waals surface area contributed by atoms with E-state index in [1.807, 2.05) is 6.07 Å². The van der Waals surface area contributed by atoms with E-state index >= 15 is 0 Å². The van der Waals surface area contributed by atoms with Gasteiger partial charge < -0.3 is 19.4 Å². The monoisotopic (exact) mass is 620 g/mol. The number of morpholine rings is 1. The smallest absolute Gasteiger partial charge is 0.365 e. The summed E-state index contributed by atoms with van der Waals surface area (Å²) >= 11 is 3.57. The molecule has 40 heavy (non-hydrogen) atoms. The second-order valence-corrected chi connectivity index (χ2v) is 11.0. The zero-order valence-electron chi connectivity index (χ0n) is 21.1. The van der Waals surface area contributed by atoms with Gasteiger partial charge in [0, 0.05) is 35.4 Å². The number of benzene rings is 1. The van der Waals surface area contributed by atoms with E-state index in [9.17, 15) is 27.6 Å². The summed E-state index contributed by atoms with van der Waals surface area (Å²) in [4.78, 5) is 48.9. The SMILES string of the molecule is O=C(CN1C(=O)C2(CCN(C(=O)c3ccc4[nH]ncc4n3)CC2)c2c(Br)cccc21)N1CCOC(C(F)(F)F)C1. The molecule has 3 aliphatic heterocycles. The van der Waals surface area contributed by atoms with E-state index < -0.39 is 30.1 Å². The Morgan fingerprint density at radius 2 is 1.90 bits per heavy atom. The number of alkyl halides is 3. The number of rotatable bonds is 3. The second kappa shape index (κ2) is 9.84. The Hall–Kier alpha value is -3.52. The number of carbonyl (C=O) groups excluding carboxylic acids is 3. The molecular weight excluding hydrogens is 597 g/mol. The van der Waals surface area contributed by atoms with Crippen molar-refractivity contribution in [2.45, 2.75) is 30.5 Å². The molecule has 2 aromatic heterocycles. The van der Waals surface area contributed by atoms with Gasteiger partial charge in [-0.15, -0.1) is 0 Å². The van der Waals surface area contributed by atoms with E-state index in [-0.39, 0.29) is 50.3 Å². The summed E-state index contributed by atoms with van der Waals surface area (Å²) < 4.78 is 45.1. The molecule has 210 valence electrons. The standard InChI is InChI=1S/C26H24BrF3N6O4/c27-15-2-1-3-19-22(15)25(24(39)36(19)14-21(37)35-10-11-40-20(13-35)26(28,29)30)6-8-34(9-7-25)23(38)17-5-4-16-18(32-17)12-31-33-16/h1-5,12,20H,6-11,13-14H2,(H,31,33). The van der Waals surface area contributed by atoms with Gasteiger partial charge in [0.15, 0.2) is 6.10 Å². The van der Waals surface area contributed by atoms with Crippen LogP contribution in [0.4, 0.5) is 18.9 Å². The van der Waals surface area contributed by atoms with Crippen LogP contribution in [-0.2, 0) is 19.7 Å². The lowest BCUT2D eigenvalue weighted by molar-refractivity contribution is -0.236. The van der Waals surface area contributed by atoms with Crippen molar-refractivity contribution >= 4 is 50.4 Å². The number of hydrogen-bond acceptors (Lipinski definition) is 6. The molecule has 10 nitrogen and oxygen atoms in total. The summed E-state index contributed by atoms with van der Waals surface area (Å²) in [5.41, 5.74) is 1.86. The number of fused-ring (bicyclic) bond motifs is 3. The van der Waals surface area contributed by atoms with E-state index in [0.29, 0.717) is 34.0 Å². The fourth-order valence-electron chi connectivity index (χ4n) is 5.82. The van der Waals surface area contributed by atoms with Gasteiger partial charge in [-0.05, 0) is 37.1 Å². The molecule has 1 N–H and O–H groups in total. The molecular formula is C26H24BrF3N6O4. The van der Waals surface area contributed by atoms with Gasteiger partial charge >= 0.3 is 6.18 Å². The van der Waals surface area contributed by atoms with Crippen LogP contribution in [0.2, 0.25) is 0 Å². The van der Waals surface area contributed by atoms with Crippen LogP contribution in [0.5, 0.6) is 0 Å². The van der Waals surface area contributed by atoms with Crippen LogP contribution in [0.25, 0.3) is 11.0 Å². The highest BCUT2D eigenvalue weighted by Gasteiger charge is 2.54. The first kappa shape index (κ1) is 26.7. The number of carbonyl (C=O) groups is 3. The Kier molecular flexibility index (Phi) is 6.56. The Morgan fingerprint density at radius 3 is 2.65 bits per heavy atom. The average Bonchev–Trinajstić information content (AvgIpc) is 3.50. The number of piperidine rings is 1. The number of pyridine rings is 1. The average molecular weight is 621 g/mol. The topological polar surface area (TPSA) is 112 Å². The number of likely N-dealkylation sites (tertiary alicyclic amines) is 1. The molecule has 5 heterocycles. The van der Waals surface area contributed by atoms with E-state index in [0.717, 1.165) is 10.5 Å². The van der Waals surface area contributed by atoms with Gasteiger partial charge in [0.1, 0.15) is 17.8 Å². The fourth-order valence-corrected chi connectivity index (χ4v) is 6.55. The number of ether oxygens (including phenoxy) is 1. The van der Waals surface area contributed by atoms with E-state index in [2.05, 4.69) is 31.1 Å². The minimum atomic E-state index is -4.59. The molecule has 3 amide bonds. The zero-order chi connectivity index (χ0) is 28.2. The van der Waals surface area contributed by atoms with Crippen molar-refractivity contribution in [3.63, 3.8) is 0 Å². The molecule has 0 aliphatic carbocycles. The summed E-state index contributed by atoms with van der Waals surface area (Å²) in [5, 5.41) is 6.73. The number of nitrogens with zero attached hydrogens (tertiary/aromatic N) is 5. The van der Waals surface area contributed by atoms with Crippen molar-refractivity contribution < 1.29 is 32.3 Å². The number of aromatic amines is 1. The van der Waals surface area contributed by atoms with E-state index in [1.54, 1.807) is 35.4 Å². The van der Waals surface area contributed by atoms with Crippen molar-refractivity contribution in [1.82, 2.24) is 25.0 Å². The lowest BCUT2D eigenvalue weighted by Crippen LogP contribution is -2.55. The minimum Gasteiger partial charge on any atom is -0.365 e. The molecule has 0 radical (unpaired) electrons. The number of anilines is 1. The molecule has 1 spiro atoms. The number of amides is 3. The zero-order valence-corrected chi connectivity index (χ0v) is 22.7. The molecule has 2 saturated heterocycles. The van der Waals surface area contributed by atoms with Crippen LogP contribution < -0.4 is 4.90 Å². The quantitative estimate of drug-likeness (QED) is 0.482. The molecule has 1 atom stereocenters. The third kappa shape index (κ3) is 4.42. The molecule has 0 bridgehead atoms. The lowest BCUT2D eigenvalue weighted by atomic mass is 9.73. The van der Waals surface area contributed by atoms with Gasteiger partial charge in [-0.2, -0.15) is 18.3 Å². The van der Waals surface area contributed by atoms with Gasteiger partial charge in [0.05, 0.1) is 30.3 Å². The Labute approximate surface area is 234 Å². The van der Waals surface area contributed by atoms with Crippen LogP contribution in [0.1, 0.15) is 28.9 Å². The maximum atomic E-state index is 14.0. The first-order valence-corrected chi connectivity index (χ1v) is 13.5. The van der Waals surface area contributed by atoms with Gasteiger partial charge in [-0.25, -0.2) is 4.98 Å². The Balaban J connectivity index is 1.21. The van der Waals surface area contributed by atoms with Crippen LogP contribution in [-0.4, -0.2) is 94.3 Å². The summed E-state index contributed by atoms with van der Waals surface area (Å²) in [5.74, 6) is -1.13. The van der Waals surface area contributed by atoms with Crippen molar-refractivity contribution in [2.24, 2.45) is 0 Å². The summed E-state index contributed by atoms with van der Waals surface area (Å²) in [6, 6.07) is 8.66. The normalized spacial score (nSPS) is 20.9. The molecule has 14 heteroatoms. The highest BCUT2D eigenvalue weighted by molar-refractivity contribution is 9.10. The Morgan fingerprint density at radius 1 is 1.12 bits per heavy atom. The summed E-state index contributed by atoms with van der Waals surface area (Å²) in [6.45, 7) is -0.645. The first-order chi connectivity index (χ1) is 19.1. The van der Waals surface area contributed by atoms with E-state index in [1.165, 1.54) is 4.90 Å². The van der Waals surface area contributed by atoms with Crippen molar-refractivity contribution in [3.05, 3.63) is 52.3 Å². The number of halogens is 4. The number of H-pyrrole nitrogens is 1. The minimum absolute atomic E-state index is 0.0135. The maximum absolute atomic E-state index is 14.0. The molecule has 0 saturated carbocycles. The van der Waals surface area contributed by atoms with Crippen molar-refractivity contribution in [3.8, 4) is 0 Å². The third-order valence-electron chi connectivity index (χ3n) is 7.91. The predicted molar refractivity (Wildman–Crippen MR) is 140 cm³/mol. The van der Waals surface area contributed by atoms with Crippen LogP contribution >= 0.6 is 15.9 Å². The van der Waals surface area contributed by atoms with Gasteiger partial charge in [0.2, 0.25) is 11.8 Å². The van der Waals surface area contributed by atoms with E-state index in [4.69, 9.17) is 4.74 Å². The summed E-state index contributed by atoms with van der Waals surface area (Å²) in [7, 11) is 0. The van der Waals surface area contributed by atoms with Crippen molar-refractivity contribution in [2.75, 3.05) is 44.2 Å². The number of aromatic nitrogens is 3. The van der Waals surface area contributed by atoms with Gasteiger partial charge in [-0.3, -0.25) is 19.5 Å². The molecule has 3 aromatic rings. The van der Waals surface area contributed by atoms with Gasteiger partial charge in [0.25, 0.3) is 5.91 Å². The molecule has 3 aliphatic rings. The van der Waals surface area contributed by atoms with Crippen molar-refractivity contribution in [1.29, 1.82) is 0 Å². The lowest BCUT2D eigenvalue weighted by Gasteiger charge is -2.39. The predicted octanol–water partition coefficient (Wildman–Crippen LogP) is 3.03. The van der Waals surface area contributed by atoms with Gasteiger partial charge in [-0.1, -0.05) is 22.0 Å². The number of hydrogen-bond donors (Lipinski definition) is 1. The maximum Gasteiger partial charge on any atom is 0.416 e. The summed E-state index contributed by atoms with van der Waals surface area (Å²) in [6.07, 6.45) is -4.47. The van der Waals surface area contributed by atoms with Crippen LogP contribution in [0, 0.1) is 0 Å².